The monoisotopic (exact) mass is 838 g/mol. The third kappa shape index (κ3) is 6.66. The lowest BCUT2D eigenvalue weighted by Gasteiger charge is -2.33. The van der Waals surface area contributed by atoms with Crippen LogP contribution in [0.2, 0.25) is 0 Å². The summed E-state index contributed by atoms with van der Waals surface area (Å²) in [5.41, 5.74) is 5.98. The molecular formula is C48H54N8O6. The molecule has 8 fully saturated rings. The van der Waals surface area contributed by atoms with Crippen LogP contribution in [0.3, 0.4) is 0 Å². The highest BCUT2D eigenvalue weighted by Gasteiger charge is 2.60. The van der Waals surface area contributed by atoms with Gasteiger partial charge in [0.15, 0.2) is 0 Å². The van der Waals surface area contributed by atoms with Crippen molar-refractivity contribution in [2.24, 2.45) is 47.3 Å². The number of methoxy groups -OCH3 is 2. The van der Waals surface area contributed by atoms with E-state index >= 15 is 0 Å². The number of benzene rings is 2. The summed E-state index contributed by atoms with van der Waals surface area (Å²) in [5.74, 6) is 5.56. The maximum atomic E-state index is 14.3. The second-order valence-corrected chi connectivity index (χ2v) is 19.8. The molecule has 62 heavy (non-hydrogen) atoms. The van der Waals surface area contributed by atoms with Gasteiger partial charge in [-0.1, -0.05) is 48.5 Å². The van der Waals surface area contributed by atoms with Gasteiger partial charge in [-0.05, 0) is 134 Å². The molecule has 0 radical (unpaired) electrons. The van der Waals surface area contributed by atoms with Gasteiger partial charge in [-0.15, -0.1) is 0 Å². The molecule has 2 saturated heterocycles. The Balaban J connectivity index is 0.714. The van der Waals surface area contributed by atoms with Gasteiger partial charge in [0.05, 0.1) is 50.1 Å². The number of rotatable bonds is 11. The van der Waals surface area contributed by atoms with Crippen LogP contribution in [0.5, 0.6) is 0 Å². The molecule has 6 aliphatic carbocycles. The predicted molar refractivity (Wildman–Crippen MR) is 227 cm³/mol. The van der Waals surface area contributed by atoms with E-state index in [1.54, 1.807) is 0 Å². The molecule has 14 nitrogen and oxygen atoms in total. The zero-order valence-electron chi connectivity index (χ0n) is 35.2. The average Bonchev–Trinajstić information content (AvgIpc) is 4.23. The molecule has 2 aromatic heterocycles. The second kappa shape index (κ2) is 14.5. The molecule has 2 aromatic carbocycles. The lowest BCUT2D eigenvalue weighted by molar-refractivity contribution is -0.137. The number of carbonyl (C=O) groups is 4. The highest BCUT2D eigenvalue weighted by molar-refractivity contribution is 5.88. The van der Waals surface area contributed by atoms with E-state index in [9.17, 15) is 19.2 Å². The van der Waals surface area contributed by atoms with E-state index in [4.69, 9.17) is 19.4 Å². The number of ether oxygens (including phenoxy) is 2. The number of piperidine rings is 2. The minimum absolute atomic E-state index is 0.00328. The number of likely N-dealkylation sites (tertiary alicyclic amines) is 2. The standard InChI is InChI=1S/C48H54N8O6/c1-61-47(59)53-41(33-13-27-11-28(27)14-33)45(57)55-37-17-31(37)19-39(55)43-49-21-35(51-43)25-7-3-23(4-8-25)24-5-9-26(10-6-24)36-22-50-44(52-36)40-20-32-18-38(32)56(40)46(58)42(54-48(60)62-2)34-15-29-12-30(29)16-34/h3-10,21-22,27-34,37-42H,11-20H2,1-2H3,(H,49,51)(H,50,52)(H,53,59)(H,54,60)/t27-,28+,29-,30+,31-,32-,33?,34?,37-,38-,39+,40+,41?,42?/m1/s1. The fraction of sp³-hybridized carbons (Fsp3) is 0.542. The lowest BCUT2D eigenvalue weighted by Crippen LogP contribution is -2.52. The van der Waals surface area contributed by atoms with Gasteiger partial charge >= 0.3 is 12.2 Å². The van der Waals surface area contributed by atoms with E-state index in [2.05, 4.69) is 69.1 Å². The van der Waals surface area contributed by atoms with Gasteiger partial charge in [0.1, 0.15) is 23.7 Å². The summed E-state index contributed by atoms with van der Waals surface area (Å²) in [6.45, 7) is 0. The average molecular weight is 839 g/mol. The molecule has 0 spiro atoms. The third-order valence-electron chi connectivity index (χ3n) is 16.2. The molecule has 322 valence electrons. The Labute approximate surface area is 360 Å². The molecule has 4 N–H and O–H groups in total. The summed E-state index contributed by atoms with van der Waals surface area (Å²) in [4.78, 5) is 74.1. The number of imidazole rings is 2. The molecule has 4 unspecified atom stereocenters. The lowest BCUT2D eigenvalue weighted by atomic mass is 9.93. The molecule has 8 aliphatic rings. The van der Waals surface area contributed by atoms with Crippen molar-refractivity contribution >= 4 is 24.0 Å². The normalized spacial score (nSPS) is 33.7. The van der Waals surface area contributed by atoms with E-state index in [0.717, 1.165) is 96.7 Å². The Morgan fingerprint density at radius 1 is 0.532 bits per heavy atom. The largest absolute Gasteiger partial charge is 0.453 e. The number of fused-ring (bicyclic) bond motifs is 4. The number of H-pyrrole nitrogens is 2. The molecule has 4 heterocycles. The van der Waals surface area contributed by atoms with E-state index in [1.807, 2.05) is 22.2 Å². The predicted octanol–water partition coefficient (Wildman–Crippen LogP) is 7.00. The number of aromatic amines is 2. The van der Waals surface area contributed by atoms with Gasteiger partial charge in [-0.25, -0.2) is 19.6 Å². The Bertz CT molecular complexity index is 2240. The summed E-state index contributed by atoms with van der Waals surface area (Å²) < 4.78 is 9.90. The number of alkyl carbamates (subject to hydrolysis) is 2. The topological polar surface area (TPSA) is 175 Å². The molecule has 6 saturated carbocycles. The van der Waals surface area contributed by atoms with Crippen LogP contribution < -0.4 is 10.6 Å². The Hall–Kier alpha value is -5.66. The first-order chi connectivity index (χ1) is 30.2. The Kier molecular flexibility index (Phi) is 8.87. The van der Waals surface area contributed by atoms with Crippen molar-refractivity contribution in [2.45, 2.75) is 100 Å². The van der Waals surface area contributed by atoms with Crippen molar-refractivity contribution in [3.8, 4) is 33.6 Å². The fourth-order valence-corrected chi connectivity index (χ4v) is 12.5. The molecule has 2 aliphatic heterocycles. The molecule has 4 aromatic rings. The van der Waals surface area contributed by atoms with Crippen LogP contribution in [0.4, 0.5) is 9.59 Å². The number of amides is 4. The van der Waals surface area contributed by atoms with Crippen LogP contribution >= 0.6 is 0 Å². The third-order valence-corrected chi connectivity index (χ3v) is 16.2. The number of hydrogen-bond acceptors (Lipinski definition) is 8. The molecular weight excluding hydrogens is 785 g/mol. The van der Waals surface area contributed by atoms with Crippen molar-refractivity contribution in [3.05, 3.63) is 72.6 Å². The van der Waals surface area contributed by atoms with Crippen LogP contribution in [0, 0.1) is 47.3 Å². The first-order valence-corrected chi connectivity index (χ1v) is 22.9. The molecule has 4 amide bonds. The first kappa shape index (κ1) is 38.0. The molecule has 0 bridgehead atoms. The second-order valence-electron chi connectivity index (χ2n) is 19.8. The number of hydrogen-bond donors (Lipinski definition) is 4. The fourth-order valence-electron chi connectivity index (χ4n) is 12.5. The maximum Gasteiger partial charge on any atom is 0.407 e. The van der Waals surface area contributed by atoms with E-state index < -0.39 is 24.3 Å². The van der Waals surface area contributed by atoms with Crippen molar-refractivity contribution in [1.82, 2.24) is 40.4 Å². The molecule has 14 heteroatoms. The van der Waals surface area contributed by atoms with Crippen molar-refractivity contribution in [3.63, 3.8) is 0 Å². The van der Waals surface area contributed by atoms with Gasteiger partial charge in [-0.3, -0.25) is 9.59 Å². The Morgan fingerprint density at radius 2 is 0.903 bits per heavy atom. The van der Waals surface area contributed by atoms with Gasteiger partial charge in [0, 0.05) is 12.1 Å². The SMILES string of the molecule is COC(=O)NC(C(=O)N1[C@@H]2C[C@@H]2C[C@H]1c1ncc(-c2ccc(-c3ccc(-c4cnc([C@@H]5C[C@H]6C[C@H]6N5C(=O)C(NC(=O)OC)C5C[C@@H]6C[C@@H]6C5)[nH]4)cc3)cc2)[nH]1)C1C[C@@H]2C[C@@H]2C1. The van der Waals surface area contributed by atoms with Crippen LogP contribution in [-0.4, -0.2) is 92.1 Å². The smallest absolute Gasteiger partial charge is 0.407 e. The summed E-state index contributed by atoms with van der Waals surface area (Å²) in [6, 6.07) is 15.8. The van der Waals surface area contributed by atoms with E-state index in [-0.39, 0.29) is 47.8 Å². The number of aromatic nitrogens is 4. The van der Waals surface area contributed by atoms with E-state index in [1.165, 1.54) is 27.1 Å². The van der Waals surface area contributed by atoms with Crippen LogP contribution in [-0.2, 0) is 19.1 Å². The van der Waals surface area contributed by atoms with Crippen LogP contribution in [0.25, 0.3) is 33.6 Å². The summed E-state index contributed by atoms with van der Waals surface area (Å²) >= 11 is 0. The van der Waals surface area contributed by atoms with Gasteiger partial charge in [0.2, 0.25) is 11.8 Å². The van der Waals surface area contributed by atoms with Gasteiger partial charge in [0.25, 0.3) is 0 Å². The van der Waals surface area contributed by atoms with Crippen LogP contribution in [0.15, 0.2) is 60.9 Å². The first-order valence-electron chi connectivity index (χ1n) is 22.9. The zero-order valence-corrected chi connectivity index (χ0v) is 35.2. The molecule has 14 atom stereocenters. The molecule has 12 rings (SSSR count). The summed E-state index contributed by atoms with van der Waals surface area (Å²) in [7, 11) is 2.70. The van der Waals surface area contributed by atoms with E-state index in [0.29, 0.717) is 35.5 Å². The van der Waals surface area contributed by atoms with Crippen molar-refractivity contribution in [2.75, 3.05) is 14.2 Å². The van der Waals surface area contributed by atoms with Gasteiger partial charge in [-0.2, -0.15) is 0 Å². The summed E-state index contributed by atoms with van der Waals surface area (Å²) in [5, 5.41) is 5.85. The summed E-state index contributed by atoms with van der Waals surface area (Å²) in [6.07, 6.45) is 12.8. The Morgan fingerprint density at radius 3 is 1.27 bits per heavy atom. The van der Waals surface area contributed by atoms with Crippen molar-refractivity contribution in [1.29, 1.82) is 0 Å². The highest BCUT2D eigenvalue weighted by Crippen LogP contribution is 2.59. The zero-order chi connectivity index (χ0) is 42.0. The number of nitrogens with one attached hydrogen (secondary N) is 4. The minimum atomic E-state index is -0.570. The van der Waals surface area contributed by atoms with Crippen molar-refractivity contribution < 1.29 is 28.7 Å². The number of carbonyl (C=O) groups excluding carboxylic acids is 4. The van der Waals surface area contributed by atoms with Gasteiger partial charge < -0.3 is 39.9 Å². The van der Waals surface area contributed by atoms with Crippen LogP contribution in [0.1, 0.15) is 87.9 Å². The number of nitrogens with zero attached hydrogens (tertiary/aromatic N) is 4. The quantitative estimate of drug-likeness (QED) is 0.125. The maximum absolute atomic E-state index is 14.3. The minimum Gasteiger partial charge on any atom is -0.453 e. The highest BCUT2D eigenvalue weighted by atomic mass is 16.5.